The van der Waals surface area contributed by atoms with Gasteiger partial charge >= 0.3 is 5.97 Å². The van der Waals surface area contributed by atoms with E-state index in [0.29, 0.717) is 11.8 Å². The Labute approximate surface area is 92.1 Å². The Bertz CT molecular complexity index is 272. The first-order valence-corrected chi connectivity index (χ1v) is 5.77. The van der Waals surface area contributed by atoms with Crippen molar-refractivity contribution in [1.82, 2.24) is 0 Å². The summed E-state index contributed by atoms with van der Waals surface area (Å²) in [6.45, 7) is 4.05. The molecule has 1 N–H and O–H groups in total. The summed E-state index contributed by atoms with van der Waals surface area (Å²) in [7, 11) is 0. The summed E-state index contributed by atoms with van der Waals surface area (Å²) in [6, 6.07) is 0. The standard InChI is InChI=1S/C13H20O2/c1-3-4-5-6-11-9-10(2)7-8-12(11)13(14)15/h10-12H,5-9H2,1-2H3,(H,14,15). The number of rotatable bonds is 3. The van der Waals surface area contributed by atoms with Crippen molar-refractivity contribution in [2.75, 3.05) is 0 Å². The quantitative estimate of drug-likeness (QED) is 0.724. The first-order chi connectivity index (χ1) is 7.15. The third kappa shape index (κ3) is 3.58. The van der Waals surface area contributed by atoms with Gasteiger partial charge in [-0.05, 0) is 44.4 Å². The van der Waals surface area contributed by atoms with E-state index >= 15 is 0 Å². The van der Waals surface area contributed by atoms with Crippen LogP contribution >= 0.6 is 0 Å². The molecule has 3 atom stereocenters. The van der Waals surface area contributed by atoms with E-state index in [0.717, 1.165) is 32.1 Å². The Morgan fingerprint density at radius 3 is 2.80 bits per heavy atom. The molecular weight excluding hydrogens is 188 g/mol. The molecule has 0 aromatic rings. The maximum atomic E-state index is 11.1. The topological polar surface area (TPSA) is 37.3 Å². The van der Waals surface area contributed by atoms with Gasteiger partial charge in [0.25, 0.3) is 0 Å². The highest BCUT2D eigenvalue weighted by molar-refractivity contribution is 5.70. The van der Waals surface area contributed by atoms with Crippen molar-refractivity contribution in [2.45, 2.75) is 46.0 Å². The Morgan fingerprint density at radius 1 is 1.47 bits per heavy atom. The average molecular weight is 208 g/mol. The van der Waals surface area contributed by atoms with Crippen LogP contribution in [0.3, 0.4) is 0 Å². The SMILES string of the molecule is CC#CCCC1CC(C)CCC1C(=O)O. The second-order valence-corrected chi connectivity index (χ2v) is 4.59. The van der Waals surface area contributed by atoms with Gasteiger partial charge in [0.15, 0.2) is 0 Å². The Morgan fingerprint density at radius 2 is 2.20 bits per heavy atom. The summed E-state index contributed by atoms with van der Waals surface area (Å²) in [5.41, 5.74) is 0. The van der Waals surface area contributed by atoms with E-state index in [1.807, 2.05) is 6.92 Å². The molecule has 0 aliphatic heterocycles. The molecule has 84 valence electrons. The molecule has 0 spiro atoms. The molecule has 0 aromatic carbocycles. The van der Waals surface area contributed by atoms with E-state index < -0.39 is 5.97 Å². The van der Waals surface area contributed by atoms with E-state index in [9.17, 15) is 4.79 Å². The normalized spacial score (nSPS) is 30.4. The van der Waals surface area contributed by atoms with Crippen LogP contribution in [-0.4, -0.2) is 11.1 Å². The van der Waals surface area contributed by atoms with Gasteiger partial charge in [0.05, 0.1) is 5.92 Å². The summed E-state index contributed by atoms with van der Waals surface area (Å²) < 4.78 is 0. The zero-order valence-electron chi connectivity index (χ0n) is 9.62. The molecule has 1 aliphatic carbocycles. The van der Waals surface area contributed by atoms with E-state index in [2.05, 4.69) is 18.8 Å². The number of hydrogen-bond donors (Lipinski definition) is 1. The third-order valence-electron chi connectivity index (χ3n) is 3.38. The van der Waals surface area contributed by atoms with E-state index in [1.54, 1.807) is 0 Å². The van der Waals surface area contributed by atoms with Crippen LogP contribution in [0, 0.1) is 29.6 Å². The van der Waals surface area contributed by atoms with Gasteiger partial charge in [0, 0.05) is 6.42 Å². The predicted octanol–water partition coefficient (Wildman–Crippen LogP) is 2.93. The van der Waals surface area contributed by atoms with E-state index in [1.165, 1.54) is 0 Å². The smallest absolute Gasteiger partial charge is 0.306 e. The van der Waals surface area contributed by atoms with Crippen LogP contribution in [-0.2, 0) is 4.79 Å². The van der Waals surface area contributed by atoms with Crippen molar-refractivity contribution in [2.24, 2.45) is 17.8 Å². The number of aliphatic carboxylic acids is 1. The van der Waals surface area contributed by atoms with Crippen molar-refractivity contribution >= 4 is 5.97 Å². The van der Waals surface area contributed by atoms with E-state index in [-0.39, 0.29) is 5.92 Å². The molecule has 2 nitrogen and oxygen atoms in total. The lowest BCUT2D eigenvalue weighted by Crippen LogP contribution is -2.29. The van der Waals surface area contributed by atoms with Crippen LogP contribution in [0.1, 0.15) is 46.0 Å². The van der Waals surface area contributed by atoms with Crippen molar-refractivity contribution in [3.63, 3.8) is 0 Å². The van der Waals surface area contributed by atoms with Gasteiger partial charge < -0.3 is 5.11 Å². The molecule has 0 aromatic heterocycles. The molecule has 0 bridgehead atoms. The Hall–Kier alpha value is -0.970. The summed E-state index contributed by atoms with van der Waals surface area (Å²) in [6.07, 6.45) is 4.76. The number of hydrogen-bond acceptors (Lipinski definition) is 1. The molecule has 0 heterocycles. The molecule has 0 radical (unpaired) electrons. The molecule has 15 heavy (non-hydrogen) atoms. The molecule has 0 amide bonds. The first kappa shape index (κ1) is 12.1. The summed E-state index contributed by atoms with van der Waals surface area (Å²) >= 11 is 0. The molecule has 2 heteroatoms. The maximum absolute atomic E-state index is 11.1. The largest absolute Gasteiger partial charge is 0.481 e. The predicted molar refractivity (Wildman–Crippen MR) is 60.3 cm³/mol. The third-order valence-corrected chi connectivity index (χ3v) is 3.38. The summed E-state index contributed by atoms with van der Waals surface area (Å²) in [4.78, 5) is 11.1. The molecule has 1 fully saturated rings. The summed E-state index contributed by atoms with van der Waals surface area (Å²) in [5, 5.41) is 9.12. The molecule has 3 unspecified atom stereocenters. The fourth-order valence-corrected chi connectivity index (χ4v) is 2.53. The van der Waals surface area contributed by atoms with Crippen LogP contribution in [0.4, 0.5) is 0 Å². The number of carboxylic acid groups (broad SMARTS) is 1. The van der Waals surface area contributed by atoms with Gasteiger partial charge in [-0.2, -0.15) is 0 Å². The van der Waals surface area contributed by atoms with Gasteiger partial charge in [-0.1, -0.05) is 6.92 Å². The molecule has 0 saturated heterocycles. The van der Waals surface area contributed by atoms with Crippen LogP contribution in [0.25, 0.3) is 0 Å². The second-order valence-electron chi connectivity index (χ2n) is 4.59. The zero-order valence-corrected chi connectivity index (χ0v) is 9.62. The van der Waals surface area contributed by atoms with Gasteiger partial charge in [0.2, 0.25) is 0 Å². The zero-order chi connectivity index (χ0) is 11.3. The van der Waals surface area contributed by atoms with Crippen molar-refractivity contribution < 1.29 is 9.90 Å². The molecule has 1 rings (SSSR count). The fourth-order valence-electron chi connectivity index (χ4n) is 2.53. The van der Waals surface area contributed by atoms with Crippen molar-refractivity contribution in [3.8, 4) is 11.8 Å². The summed E-state index contributed by atoms with van der Waals surface area (Å²) in [5.74, 6) is 6.17. The van der Waals surface area contributed by atoms with Gasteiger partial charge in [-0.25, -0.2) is 0 Å². The highest BCUT2D eigenvalue weighted by atomic mass is 16.4. The van der Waals surface area contributed by atoms with Crippen molar-refractivity contribution in [1.29, 1.82) is 0 Å². The lowest BCUT2D eigenvalue weighted by Gasteiger charge is -2.32. The number of carbonyl (C=O) groups is 1. The minimum Gasteiger partial charge on any atom is -0.481 e. The minimum atomic E-state index is -0.614. The second kappa shape index (κ2) is 5.80. The fraction of sp³-hybridized carbons (Fsp3) is 0.769. The minimum absolute atomic E-state index is 0.125. The van der Waals surface area contributed by atoms with Crippen LogP contribution in [0.2, 0.25) is 0 Å². The first-order valence-electron chi connectivity index (χ1n) is 5.77. The van der Waals surface area contributed by atoms with Crippen LogP contribution in [0.15, 0.2) is 0 Å². The maximum Gasteiger partial charge on any atom is 0.306 e. The molecule has 1 aliphatic rings. The van der Waals surface area contributed by atoms with Crippen LogP contribution in [0.5, 0.6) is 0 Å². The Balaban J connectivity index is 2.52. The average Bonchev–Trinajstić information content (AvgIpc) is 2.18. The van der Waals surface area contributed by atoms with Crippen LogP contribution < -0.4 is 0 Å². The highest BCUT2D eigenvalue weighted by Crippen LogP contribution is 2.36. The highest BCUT2D eigenvalue weighted by Gasteiger charge is 2.32. The van der Waals surface area contributed by atoms with Gasteiger partial charge in [-0.3, -0.25) is 4.79 Å². The monoisotopic (exact) mass is 208 g/mol. The molecule has 1 saturated carbocycles. The lowest BCUT2D eigenvalue weighted by atomic mass is 9.73. The molecular formula is C13H20O2. The van der Waals surface area contributed by atoms with Gasteiger partial charge in [-0.15, -0.1) is 11.8 Å². The lowest BCUT2D eigenvalue weighted by molar-refractivity contribution is -0.145. The Kier molecular flexibility index (Phi) is 4.68. The number of carboxylic acids is 1. The van der Waals surface area contributed by atoms with Gasteiger partial charge in [0.1, 0.15) is 0 Å². The van der Waals surface area contributed by atoms with Crippen molar-refractivity contribution in [3.05, 3.63) is 0 Å². The van der Waals surface area contributed by atoms with E-state index in [4.69, 9.17) is 5.11 Å².